The molecule has 0 aliphatic rings. The summed E-state index contributed by atoms with van der Waals surface area (Å²) in [5, 5.41) is 3.46. The maximum absolute atomic E-state index is 13.7. The van der Waals surface area contributed by atoms with Gasteiger partial charge in [0.1, 0.15) is 5.82 Å². The SMILES string of the molecule is CN(C)C(=O)c1cccc(NCc2c(F)cccc2Cl)c1. The second-order valence-electron chi connectivity index (χ2n) is 4.83. The number of anilines is 1. The zero-order valence-corrected chi connectivity index (χ0v) is 12.6. The molecule has 110 valence electrons. The second kappa shape index (κ2) is 6.59. The molecule has 0 atom stereocenters. The van der Waals surface area contributed by atoms with Gasteiger partial charge in [-0.25, -0.2) is 4.39 Å². The van der Waals surface area contributed by atoms with E-state index in [1.165, 1.54) is 11.0 Å². The summed E-state index contributed by atoms with van der Waals surface area (Å²) in [6.07, 6.45) is 0. The highest BCUT2D eigenvalue weighted by Crippen LogP contribution is 2.21. The number of halogens is 2. The number of carbonyl (C=O) groups excluding carboxylic acids is 1. The van der Waals surface area contributed by atoms with Crippen molar-refractivity contribution in [3.8, 4) is 0 Å². The van der Waals surface area contributed by atoms with Gasteiger partial charge < -0.3 is 10.2 Å². The van der Waals surface area contributed by atoms with Crippen molar-refractivity contribution in [2.24, 2.45) is 0 Å². The van der Waals surface area contributed by atoms with E-state index in [0.717, 1.165) is 5.69 Å². The largest absolute Gasteiger partial charge is 0.381 e. The lowest BCUT2D eigenvalue weighted by molar-refractivity contribution is 0.0827. The molecular weight excluding hydrogens is 291 g/mol. The molecule has 5 heteroatoms. The van der Waals surface area contributed by atoms with E-state index < -0.39 is 0 Å². The molecule has 1 N–H and O–H groups in total. The summed E-state index contributed by atoms with van der Waals surface area (Å²) in [5.41, 5.74) is 1.72. The Morgan fingerprint density at radius 1 is 1.24 bits per heavy atom. The molecule has 21 heavy (non-hydrogen) atoms. The van der Waals surface area contributed by atoms with Gasteiger partial charge in [0, 0.05) is 42.5 Å². The topological polar surface area (TPSA) is 32.3 Å². The molecular formula is C16H16ClFN2O. The van der Waals surface area contributed by atoms with Crippen molar-refractivity contribution >= 4 is 23.2 Å². The van der Waals surface area contributed by atoms with Gasteiger partial charge in [0.05, 0.1) is 0 Å². The van der Waals surface area contributed by atoms with Crippen LogP contribution in [0.5, 0.6) is 0 Å². The first-order valence-electron chi connectivity index (χ1n) is 6.47. The van der Waals surface area contributed by atoms with Crippen molar-refractivity contribution in [2.45, 2.75) is 6.54 Å². The standard InChI is InChI=1S/C16H16ClFN2O/c1-20(2)16(21)11-5-3-6-12(9-11)19-10-13-14(17)7-4-8-15(13)18/h3-9,19H,10H2,1-2H3. The minimum absolute atomic E-state index is 0.0809. The zero-order chi connectivity index (χ0) is 15.4. The number of benzene rings is 2. The van der Waals surface area contributed by atoms with Gasteiger partial charge in [-0.15, -0.1) is 0 Å². The number of nitrogens with one attached hydrogen (secondary N) is 1. The molecule has 0 fully saturated rings. The van der Waals surface area contributed by atoms with Gasteiger partial charge >= 0.3 is 0 Å². The molecule has 0 unspecified atom stereocenters. The molecule has 0 saturated carbocycles. The zero-order valence-electron chi connectivity index (χ0n) is 11.9. The van der Waals surface area contributed by atoms with Crippen molar-refractivity contribution in [3.05, 3.63) is 64.4 Å². The lowest BCUT2D eigenvalue weighted by atomic mass is 10.1. The van der Waals surface area contributed by atoms with E-state index in [2.05, 4.69) is 5.32 Å². The van der Waals surface area contributed by atoms with Crippen molar-refractivity contribution in [1.29, 1.82) is 0 Å². The first-order chi connectivity index (χ1) is 9.99. The third-order valence-electron chi connectivity index (χ3n) is 3.05. The fourth-order valence-corrected chi connectivity index (χ4v) is 2.14. The normalized spacial score (nSPS) is 10.3. The van der Waals surface area contributed by atoms with Crippen LogP contribution in [0.2, 0.25) is 5.02 Å². The van der Waals surface area contributed by atoms with Crippen LogP contribution in [-0.4, -0.2) is 24.9 Å². The number of amides is 1. The number of carbonyl (C=O) groups is 1. The van der Waals surface area contributed by atoms with E-state index in [1.54, 1.807) is 44.4 Å². The van der Waals surface area contributed by atoms with Crippen LogP contribution < -0.4 is 5.32 Å². The van der Waals surface area contributed by atoms with Gasteiger partial charge in [-0.2, -0.15) is 0 Å². The minimum atomic E-state index is -0.351. The van der Waals surface area contributed by atoms with Crippen LogP contribution in [0.15, 0.2) is 42.5 Å². The predicted octanol–water partition coefficient (Wildman–Crippen LogP) is 3.79. The lowest BCUT2D eigenvalue weighted by Gasteiger charge is -2.13. The summed E-state index contributed by atoms with van der Waals surface area (Å²) >= 11 is 5.98. The van der Waals surface area contributed by atoms with E-state index in [-0.39, 0.29) is 18.3 Å². The maximum atomic E-state index is 13.7. The van der Waals surface area contributed by atoms with Crippen LogP contribution in [0.1, 0.15) is 15.9 Å². The van der Waals surface area contributed by atoms with Crippen molar-refractivity contribution < 1.29 is 9.18 Å². The van der Waals surface area contributed by atoms with Crippen molar-refractivity contribution in [2.75, 3.05) is 19.4 Å². The first kappa shape index (κ1) is 15.3. The van der Waals surface area contributed by atoms with E-state index >= 15 is 0 Å². The maximum Gasteiger partial charge on any atom is 0.253 e. The van der Waals surface area contributed by atoms with Crippen molar-refractivity contribution in [3.63, 3.8) is 0 Å². The Bertz CT molecular complexity index is 638. The Balaban J connectivity index is 2.14. The lowest BCUT2D eigenvalue weighted by Crippen LogP contribution is -2.21. The second-order valence-corrected chi connectivity index (χ2v) is 5.24. The van der Waals surface area contributed by atoms with Crippen LogP contribution >= 0.6 is 11.6 Å². The third kappa shape index (κ3) is 3.73. The van der Waals surface area contributed by atoms with Gasteiger partial charge in [0.25, 0.3) is 5.91 Å². The average molecular weight is 307 g/mol. The highest BCUT2D eigenvalue weighted by Gasteiger charge is 2.09. The Morgan fingerprint density at radius 3 is 2.62 bits per heavy atom. The van der Waals surface area contributed by atoms with Crippen LogP contribution in [-0.2, 0) is 6.54 Å². The molecule has 0 radical (unpaired) electrons. The molecule has 0 saturated heterocycles. The molecule has 0 aromatic heterocycles. The summed E-state index contributed by atoms with van der Waals surface area (Å²) in [7, 11) is 3.39. The molecule has 0 aliphatic heterocycles. The molecule has 3 nitrogen and oxygen atoms in total. The fourth-order valence-electron chi connectivity index (χ4n) is 1.91. The van der Waals surface area contributed by atoms with Gasteiger partial charge in [-0.3, -0.25) is 4.79 Å². The van der Waals surface area contributed by atoms with Crippen LogP contribution in [0.3, 0.4) is 0 Å². The molecule has 2 aromatic rings. The van der Waals surface area contributed by atoms with Gasteiger partial charge in [-0.05, 0) is 30.3 Å². The molecule has 0 bridgehead atoms. The highest BCUT2D eigenvalue weighted by atomic mass is 35.5. The Hall–Kier alpha value is -2.07. The van der Waals surface area contributed by atoms with Gasteiger partial charge in [0.2, 0.25) is 0 Å². The summed E-state index contributed by atoms with van der Waals surface area (Å²) in [5.74, 6) is -0.432. The Morgan fingerprint density at radius 2 is 1.95 bits per heavy atom. The molecule has 0 aliphatic carbocycles. The Labute approximate surface area is 128 Å². The van der Waals surface area contributed by atoms with Crippen LogP contribution in [0.25, 0.3) is 0 Å². The first-order valence-corrected chi connectivity index (χ1v) is 6.85. The fraction of sp³-hybridized carbons (Fsp3) is 0.188. The molecule has 2 aromatic carbocycles. The van der Waals surface area contributed by atoms with E-state index in [4.69, 9.17) is 11.6 Å². The summed E-state index contributed by atoms with van der Waals surface area (Å²) < 4.78 is 13.7. The summed E-state index contributed by atoms with van der Waals surface area (Å²) in [6.45, 7) is 0.255. The number of hydrogen-bond acceptors (Lipinski definition) is 2. The van der Waals surface area contributed by atoms with Gasteiger partial charge in [-0.1, -0.05) is 23.7 Å². The summed E-state index contributed by atoms with van der Waals surface area (Å²) in [4.78, 5) is 13.4. The monoisotopic (exact) mass is 306 g/mol. The predicted molar refractivity (Wildman–Crippen MR) is 83.2 cm³/mol. The third-order valence-corrected chi connectivity index (χ3v) is 3.40. The van der Waals surface area contributed by atoms with Crippen molar-refractivity contribution in [1.82, 2.24) is 4.90 Å². The minimum Gasteiger partial charge on any atom is -0.381 e. The van der Waals surface area contributed by atoms with Gasteiger partial charge in [0.15, 0.2) is 0 Å². The van der Waals surface area contributed by atoms with E-state index in [9.17, 15) is 9.18 Å². The average Bonchev–Trinajstić information content (AvgIpc) is 2.46. The van der Waals surface area contributed by atoms with Crippen LogP contribution in [0, 0.1) is 5.82 Å². The molecule has 0 heterocycles. The van der Waals surface area contributed by atoms with E-state index in [1.807, 2.05) is 6.07 Å². The Kier molecular flexibility index (Phi) is 4.81. The molecule has 1 amide bonds. The smallest absolute Gasteiger partial charge is 0.253 e. The summed E-state index contributed by atoms with van der Waals surface area (Å²) in [6, 6.07) is 11.7. The molecule has 0 spiro atoms. The van der Waals surface area contributed by atoms with E-state index in [0.29, 0.717) is 16.1 Å². The number of hydrogen-bond donors (Lipinski definition) is 1. The number of rotatable bonds is 4. The quantitative estimate of drug-likeness (QED) is 0.932. The van der Waals surface area contributed by atoms with Crippen LogP contribution in [0.4, 0.5) is 10.1 Å². The highest BCUT2D eigenvalue weighted by molar-refractivity contribution is 6.31. The molecule has 2 rings (SSSR count). The number of nitrogens with zero attached hydrogens (tertiary/aromatic N) is 1.